The molecule has 0 radical (unpaired) electrons. The van der Waals surface area contributed by atoms with E-state index >= 15 is 0 Å². The van der Waals surface area contributed by atoms with E-state index in [1.807, 2.05) is 7.05 Å². The predicted octanol–water partition coefficient (Wildman–Crippen LogP) is 1.34. The lowest BCUT2D eigenvalue weighted by atomic mass is 9.76. The molecule has 1 aliphatic heterocycles. The summed E-state index contributed by atoms with van der Waals surface area (Å²) in [4.78, 5) is 0. The van der Waals surface area contributed by atoms with Crippen molar-refractivity contribution in [3.05, 3.63) is 0 Å². The first kappa shape index (κ1) is 11.4. The maximum atomic E-state index is 5.90. The molecule has 0 aromatic heterocycles. The molecule has 0 bridgehead atoms. The second kappa shape index (κ2) is 4.81. The molecule has 2 rings (SSSR count). The van der Waals surface area contributed by atoms with Crippen LogP contribution in [0.4, 0.5) is 0 Å². The van der Waals surface area contributed by atoms with E-state index in [4.69, 9.17) is 4.74 Å². The van der Waals surface area contributed by atoms with E-state index in [1.54, 1.807) is 0 Å². The third-order valence-electron chi connectivity index (χ3n) is 4.11. The Morgan fingerprint density at radius 3 is 2.87 bits per heavy atom. The molecule has 2 N–H and O–H groups in total. The highest BCUT2D eigenvalue weighted by atomic mass is 16.5. The van der Waals surface area contributed by atoms with Crippen LogP contribution in [0.2, 0.25) is 0 Å². The molecule has 3 nitrogen and oxygen atoms in total. The van der Waals surface area contributed by atoms with Gasteiger partial charge in [0.25, 0.3) is 0 Å². The Labute approximate surface area is 93.0 Å². The molecule has 5 atom stereocenters. The van der Waals surface area contributed by atoms with Gasteiger partial charge in [-0.2, -0.15) is 0 Å². The van der Waals surface area contributed by atoms with Crippen molar-refractivity contribution in [2.75, 3.05) is 13.7 Å². The van der Waals surface area contributed by atoms with Crippen molar-refractivity contribution in [1.29, 1.82) is 0 Å². The standard InChI is InChI=1S/C12H24N2O/c1-4-15-10-7-5-6-9-8(2)14-12(13-3)11(9)10/h8-14H,4-7H2,1-3H3. The number of hydrogen-bond acceptors (Lipinski definition) is 3. The maximum Gasteiger partial charge on any atom is 0.0634 e. The fourth-order valence-electron chi connectivity index (χ4n) is 3.46. The summed E-state index contributed by atoms with van der Waals surface area (Å²) >= 11 is 0. The monoisotopic (exact) mass is 212 g/mol. The van der Waals surface area contributed by atoms with Crippen LogP contribution in [0.1, 0.15) is 33.1 Å². The zero-order valence-electron chi connectivity index (χ0n) is 10.1. The van der Waals surface area contributed by atoms with Crippen molar-refractivity contribution < 1.29 is 4.74 Å². The van der Waals surface area contributed by atoms with Crippen molar-refractivity contribution in [3.8, 4) is 0 Å². The largest absolute Gasteiger partial charge is 0.378 e. The molecule has 0 aromatic carbocycles. The zero-order valence-corrected chi connectivity index (χ0v) is 10.1. The lowest BCUT2D eigenvalue weighted by molar-refractivity contribution is -0.0273. The van der Waals surface area contributed by atoms with Gasteiger partial charge in [-0.25, -0.2) is 0 Å². The third-order valence-corrected chi connectivity index (χ3v) is 4.11. The summed E-state index contributed by atoms with van der Waals surface area (Å²) in [6, 6.07) is 0.635. The normalized spacial score (nSPS) is 45.4. The summed E-state index contributed by atoms with van der Waals surface area (Å²) in [5.74, 6) is 1.46. The van der Waals surface area contributed by atoms with Crippen LogP contribution in [0.25, 0.3) is 0 Å². The summed E-state index contributed by atoms with van der Waals surface area (Å²) in [6.45, 7) is 5.26. The van der Waals surface area contributed by atoms with Crippen molar-refractivity contribution in [1.82, 2.24) is 10.6 Å². The highest BCUT2D eigenvalue weighted by Crippen LogP contribution is 2.39. The minimum atomic E-state index is 0.446. The molecule has 0 spiro atoms. The average molecular weight is 212 g/mol. The Balaban J connectivity index is 2.09. The summed E-state index contributed by atoms with van der Waals surface area (Å²) < 4.78 is 5.90. The van der Waals surface area contributed by atoms with Crippen LogP contribution in [-0.4, -0.2) is 32.0 Å². The summed E-state index contributed by atoms with van der Waals surface area (Å²) in [7, 11) is 2.05. The molecule has 5 unspecified atom stereocenters. The van der Waals surface area contributed by atoms with Crippen molar-refractivity contribution in [2.24, 2.45) is 11.8 Å². The van der Waals surface area contributed by atoms with Gasteiger partial charge >= 0.3 is 0 Å². The van der Waals surface area contributed by atoms with Gasteiger partial charge in [-0.1, -0.05) is 6.42 Å². The topological polar surface area (TPSA) is 33.3 Å². The van der Waals surface area contributed by atoms with E-state index < -0.39 is 0 Å². The third kappa shape index (κ3) is 2.05. The number of rotatable bonds is 3. The molecule has 3 heteroatoms. The molecule has 1 saturated heterocycles. The van der Waals surface area contributed by atoms with E-state index in [2.05, 4.69) is 24.5 Å². The Hall–Kier alpha value is -0.120. The number of ether oxygens (including phenoxy) is 1. The van der Waals surface area contributed by atoms with Crippen LogP contribution >= 0.6 is 0 Å². The minimum absolute atomic E-state index is 0.446. The Morgan fingerprint density at radius 2 is 2.20 bits per heavy atom. The van der Waals surface area contributed by atoms with Gasteiger partial charge in [0.15, 0.2) is 0 Å². The van der Waals surface area contributed by atoms with Gasteiger partial charge in [0, 0.05) is 18.6 Å². The van der Waals surface area contributed by atoms with Gasteiger partial charge in [-0.05, 0) is 39.7 Å². The number of hydrogen-bond donors (Lipinski definition) is 2. The lowest BCUT2D eigenvalue weighted by Crippen LogP contribution is -2.46. The quantitative estimate of drug-likeness (QED) is 0.741. The van der Waals surface area contributed by atoms with E-state index in [-0.39, 0.29) is 0 Å². The van der Waals surface area contributed by atoms with E-state index in [1.165, 1.54) is 19.3 Å². The van der Waals surface area contributed by atoms with Crippen LogP contribution < -0.4 is 10.6 Å². The van der Waals surface area contributed by atoms with Gasteiger partial charge in [0.1, 0.15) is 0 Å². The van der Waals surface area contributed by atoms with Crippen LogP contribution in [0.5, 0.6) is 0 Å². The zero-order chi connectivity index (χ0) is 10.8. The van der Waals surface area contributed by atoms with Gasteiger partial charge in [-0.3, -0.25) is 5.32 Å². The molecule has 1 saturated carbocycles. The van der Waals surface area contributed by atoms with E-state index in [9.17, 15) is 0 Å². The fourth-order valence-corrected chi connectivity index (χ4v) is 3.46. The number of nitrogens with one attached hydrogen (secondary N) is 2. The van der Waals surface area contributed by atoms with E-state index in [0.29, 0.717) is 24.2 Å². The first-order valence-corrected chi connectivity index (χ1v) is 6.32. The lowest BCUT2D eigenvalue weighted by Gasteiger charge is -2.36. The van der Waals surface area contributed by atoms with Crippen molar-refractivity contribution in [2.45, 2.75) is 51.4 Å². The number of fused-ring (bicyclic) bond motifs is 1. The Morgan fingerprint density at radius 1 is 1.40 bits per heavy atom. The predicted molar refractivity (Wildman–Crippen MR) is 61.7 cm³/mol. The Bertz CT molecular complexity index is 208. The summed E-state index contributed by atoms with van der Waals surface area (Å²) in [5.41, 5.74) is 0. The van der Waals surface area contributed by atoms with Crippen LogP contribution in [0.3, 0.4) is 0 Å². The van der Waals surface area contributed by atoms with Gasteiger partial charge in [0.2, 0.25) is 0 Å². The van der Waals surface area contributed by atoms with E-state index in [0.717, 1.165) is 12.5 Å². The van der Waals surface area contributed by atoms with Gasteiger partial charge < -0.3 is 10.1 Å². The molecular formula is C12H24N2O. The van der Waals surface area contributed by atoms with Gasteiger partial charge in [-0.15, -0.1) is 0 Å². The SMILES string of the molecule is CCOC1CCCC2C(C)NC(NC)C12. The second-order valence-electron chi connectivity index (χ2n) is 4.89. The molecule has 1 heterocycles. The first-order chi connectivity index (χ1) is 7.27. The van der Waals surface area contributed by atoms with Crippen molar-refractivity contribution in [3.63, 3.8) is 0 Å². The first-order valence-electron chi connectivity index (χ1n) is 6.32. The minimum Gasteiger partial charge on any atom is -0.378 e. The molecule has 1 aliphatic carbocycles. The Kier molecular flexibility index (Phi) is 3.65. The van der Waals surface area contributed by atoms with Crippen LogP contribution in [0, 0.1) is 11.8 Å². The molecule has 88 valence electrons. The van der Waals surface area contributed by atoms with Crippen LogP contribution in [0.15, 0.2) is 0 Å². The smallest absolute Gasteiger partial charge is 0.0634 e. The van der Waals surface area contributed by atoms with Gasteiger partial charge in [0.05, 0.1) is 12.3 Å². The highest BCUT2D eigenvalue weighted by molar-refractivity contribution is 4.99. The molecule has 2 aliphatic rings. The van der Waals surface area contributed by atoms with Crippen LogP contribution in [-0.2, 0) is 4.74 Å². The molecule has 15 heavy (non-hydrogen) atoms. The summed E-state index contributed by atoms with van der Waals surface area (Å²) in [5, 5.41) is 7.03. The fraction of sp³-hybridized carbons (Fsp3) is 1.00. The molecule has 2 fully saturated rings. The summed E-state index contributed by atoms with van der Waals surface area (Å²) in [6.07, 6.45) is 4.83. The molecule has 0 amide bonds. The van der Waals surface area contributed by atoms with Crippen molar-refractivity contribution >= 4 is 0 Å². The average Bonchev–Trinajstić information content (AvgIpc) is 2.58. The molecular weight excluding hydrogens is 188 g/mol. The maximum absolute atomic E-state index is 5.90. The molecule has 0 aromatic rings. The second-order valence-corrected chi connectivity index (χ2v) is 4.89. The highest BCUT2D eigenvalue weighted by Gasteiger charge is 2.46.